The van der Waals surface area contributed by atoms with Gasteiger partial charge in [0.1, 0.15) is 8.55 Å². The van der Waals surface area contributed by atoms with Crippen LogP contribution in [-0.2, 0) is 16.4 Å². The second-order valence-electron chi connectivity index (χ2n) is 7.66. The lowest BCUT2D eigenvalue weighted by atomic mass is 10.0. The van der Waals surface area contributed by atoms with E-state index in [-0.39, 0.29) is 25.1 Å². The third-order valence-corrected chi connectivity index (χ3v) is 9.16. The highest BCUT2D eigenvalue weighted by Crippen LogP contribution is 2.35. The summed E-state index contributed by atoms with van der Waals surface area (Å²) in [5, 5.41) is 17.8. The molecule has 4 N–H and O–H groups in total. The topological polar surface area (TPSA) is 130 Å². The number of anilines is 2. The maximum Gasteiger partial charge on any atom is 0.333 e. The van der Waals surface area contributed by atoms with E-state index in [9.17, 15) is 23.1 Å². The number of carbonyl (C=O) groups is 1. The van der Waals surface area contributed by atoms with Crippen LogP contribution in [0.25, 0.3) is 16.5 Å². The molecule has 0 radical (unpaired) electrons. The highest BCUT2D eigenvalue weighted by Gasteiger charge is 2.22. The first-order chi connectivity index (χ1) is 16.6. The van der Waals surface area contributed by atoms with Crippen molar-refractivity contribution >= 4 is 72.7 Å². The molecule has 0 atom stereocenters. The number of hydrogen-bond donors (Lipinski definition) is 4. The Labute approximate surface area is 213 Å². The molecule has 0 unspecified atom stereocenters. The number of benzene rings is 2. The van der Waals surface area contributed by atoms with Crippen molar-refractivity contribution in [1.29, 1.82) is 0 Å². The molecular formula is C22H16Cl2N4O5S2. The molecule has 0 aliphatic carbocycles. The molecule has 2 aromatic carbocycles. The van der Waals surface area contributed by atoms with Gasteiger partial charge >= 0.3 is 6.03 Å². The summed E-state index contributed by atoms with van der Waals surface area (Å²) in [5.74, 6) is -0.194. The Morgan fingerprint density at radius 3 is 2.51 bits per heavy atom. The summed E-state index contributed by atoms with van der Waals surface area (Å²) in [6.45, 7) is 0.774. The Bertz CT molecular complexity index is 1640. The van der Waals surface area contributed by atoms with Gasteiger partial charge in [0.05, 0.1) is 10.7 Å². The minimum atomic E-state index is -4.16. The van der Waals surface area contributed by atoms with Crippen molar-refractivity contribution in [1.82, 2.24) is 9.29 Å². The van der Waals surface area contributed by atoms with Crippen LogP contribution in [0.4, 0.5) is 16.2 Å². The number of sulfonamides is 1. The van der Waals surface area contributed by atoms with Gasteiger partial charge in [0.15, 0.2) is 0 Å². The lowest BCUT2D eigenvalue weighted by Crippen LogP contribution is -2.33. The van der Waals surface area contributed by atoms with Crippen molar-refractivity contribution in [2.24, 2.45) is 0 Å². The van der Waals surface area contributed by atoms with Crippen LogP contribution in [-0.4, -0.2) is 30.7 Å². The number of thiophene rings is 1. The summed E-state index contributed by atoms with van der Waals surface area (Å²) < 4.78 is 27.6. The zero-order valence-corrected chi connectivity index (χ0v) is 20.8. The van der Waals surface area contributed by atoms with Gasteiger partial charge in [-0.2, -0.15) is 0 Å². The number of nitrogens with one attached hydrogen (secondary N) is 3. The highest BCUT2D eigenvalue weighted by molar-refractivity contribution is 7.92. The first-order valence-electron chi connectivity index (χ1n) is 10.2. The summed E-state index contributed by atoms with van der Waals surface area (Å²) in [5.41, 5.74) is 2.17. The van der Waals surface area contributed by atoms with Crippen LogP contribution in [0.3, 0.4) is 0 Å². The number of nitrogens with zero attached hydrogens (tertiary/aromatic N) is 1. The molecule has 13 heteroatoms. The van der Waals surface area contributed by atoms with Crippen LogP contribution in [0, 0.1) is 0 Å². The molecule has 0 saturated heterocycles. The number of aromatic hydroxyl groups is 1. The van der Waals surface area contributed by atoms with E-state index < -0.39 is 21.6 Å². The van der Waals surface area contributed by atoms with Crippen LogP contribution < -0.4 is 20.9 Å². The van der Waals surface area contributed by atoms with Crippen LogP contribution >= 0.6 is 34.5 Å². The average Bonchev–Trinajstić information content (AvgIpc) is 3.41. The van der Waals surface area contributed by atoms with E-state index >= 15 is 0 Å². The zero-order valence-electron chi connectivity index (χ0n) is 17.6. The molecule has 0 spiro atoms. The fourth-order valence-electron chi connectivity index (χ4n) is 3.93. The predicted molar refractivity (Wildman–Crippen MR) is 137 cm³/mol. The van der Waals surface area contributed by atoms with Crippen molar-refractivity contribution < 1.29 is 18.3 Å². The average molecular weight is 551 g/mol. The van der Waals surface area contributed by atoms with E-state index in [0.29, 0.717) is 16.5 Å². The molecule has 0 fully saturated rings. The molecule has 2 aromatic heterocycles. The Morgan fingerprint density at radius 1 is 1.09 bits per heavy atom. The van der Waals surface area contributed by atoms with Gasteiger partial charge in [0, 0.05) is 29.4 Å². The van der Waals surface area contributed by atoms with E-state index in [1.807, 2.05) is 10.8 Å². The van der Waals surface area contributed by atoms with Gasteiger partial charge in [0.25, 0.3) is 15.6 Å². The first kappa shape index (κ1) is 23.5. The first-order valence-corrected chi connectivity index (χ1v) is 13.2. The largest absolute Gasteiger partial charge is 0.494 e. The maximum atomic E-state index is 12.9. The number of halogens is 2. The van der Waals surface area contributed by atoms with Gasteiger partial charge in [-0.15, -0.1) is 11.3 Å². The molecule has 2 amide bonds. The summed E-state index contributed by atoms with van der Waals surface area (Å²) >= 11 is 12.3. The summed E-state index contributed by atoms with van der Waals surface area (Å²) in [7, 11) is -4.16. The van der Waals surface area contributed by atoms with Crippen LogP contribution in [0.2, 0.25) is 9.36 Å². The normalized spacial score (nSPS) is 12.9. The number of aromatic nitrogens is 1. The number of carbonyl (C=O) groups excluding carboxylic acids is 1. The Morgan fingerprint density at radius 2 is 1.83 bits per heavy atom. The van der Waals surface area contributed by atoms with Gasteiger partial charge in [-0.05, 0) is 59.8 Å². The number of fused-ring (bicyclic) bond motifs is 3. The number of amides is 2. The number of pyridine rings is 1. The quantitative estimate of drug-likeness (QED) is 0.295. The SMILES string of the molecule is O=C(Nc1ccc(-n2c(O)c3ccc4c(c3cc2=O)CCN4)cc1)NS(=O)(=O)c1cc(Cl)c(Cl)s1. The number of rotatable bonds is 4. The van der Waals surface area contributed by atoms with Gasteiger partial charge in [-0.1, -0.05) is 23.2 Å². The Kier molecular flexibility index (Phi) is 5.88. The Balaban J connectivity index is 1.38. The van der Waals surface area contributed by atoms with Crippen molar-refractivity contribution in [3.8, 4) is 11.6 Å². The van der Waals surface area contributed by atoms with Crippen molar-refractivity contribution in [3.63, 3.8) is 0 Å². The fraction of sp³-hybridized carbons (Fsp3) is 0.0909. The molecule has 1 aliphatic heterocycles. The van der Waals surface area contributed by atoms with Crippen LogP contribution in [0.5, 0.6) is 5.88 Å². The molecule has 0 saturated carbocycles. The smallest absolute Gasteiger partial charge is 0.333 e. The standard InChI is InChI=1S/C22H16Cl2N4O5S2/c23-16-10-19(34-20(16)24)35(32,33)27-22(31)26-11-1-3-12(4-2-11)28-18(29)9-15-13-7-8-25-17(13)6-5-14(15)21(28)30/h1-6,9-10,25,30H,7-8H2,(H2,26,27,31). The lowest BCUT2D eigenvalue weighted by Gasteiger charge is -2.14. The molecule has 35 heavy (non-hydrogen) atoms. The second-order valence-corrected chi connectivity index (χ2v) is 11.6. The van der Waals surface area contributed by atoms with Gasteiger partial charge in [-0.25, -0.2) is 22.5 Å². The van der Waals surface area contributed by atoms with Crippen molar-refractivity contribution in [2.45, 2.75) is 10.6 Å². The van der Waals surface area contributed by atoms with Crippen molar-refractivity contribution in [3.05, 3.63) is 73.8 Å². The van der Waals surface area contributed by atoms with Crippen LogP contribution in [0.15, 0.2) is 57.5 Å². The van der Waals surface area contributed by atoms with E-state index in [1.54, 1.807) is 6.07 Å². The second kappa shape index (κ2) is 8.76. The molecule has 3 heterocycles. The summed E-state index contributed by atoms with van der Waals surface area (Å²) in [6.07, 6.45) is 0.764. The molecular weight excluding hydrogens is 535 g/mol. The monoisotopic (exact) mass is 550 g/mol. The van der Waals surface area contributed by atoms with Gasteiger partial charge < -0.3 is 15.7 Å². The fourth-order valence-corrected chi connectivity index (χ4v) is 6.71. The maximum absolute atomic E-state index is 12.9. The highest BCUT2D eigenvalue weighted by atomic mass is 35.5. The number of hydrogen-bond acceptors (Lipinski definition) is 7. The van der Waals surface area contributed by atoms with Crippen molar-refractivity contribution in [2.75, 3.05) is 17.2 Å². The minimum absolute atomic E-state index is 0.0706. The zero-order chi connectivity index (χ0) is 24.9. The molecule has 4 aromatic rings. The molecule has 9 nitrogen and oxygen atoms in total. The lowest BCUT2D eigenvalue weighted by molar-refractivity contribution is 0.256. The predicted octanol–water partition coefficient (Wildman–Crippen LogP) is 4.54. The number of urea groups is 1. The Hall–Kier alpha value is -3.25. The summed E-state index contributed by atoms with van der Waals surface area (Å²) in [6, 6.07) is 11.3. The molecule has 5 rings (SSSR count). The van der Waals surface area contributed by atoms with Crippen LogP contribution in [0.1, 0.15) is 5.56 Å². The van der Waals surface area contributed by atoms with Gasteiger partial charge in [-0.3, -0.25) is 4.79 Å². The molecule has 0 bridgehead atoms. The molecule has 1 aliphatic rings. The third kappa shape index (κ3) is 4.31. The molecule has 180 valence electrons. The van der Waals surface area contributed by atoms with Gasteiger partial charge in [0.2, 0.25) is 5.88 Å². The van der Waals surface area contributed by atoms with E-state index in [4.69, 9.17) is 23.2 Å². The van der Waals surface area contributed by atoms with E-state index in [2.05, 4.69) is 10.6 Å². The minimum Gasteiger partial charge on any atom is -0.494 e. The third-order valence-electron chi connectivity index (χ3n) is 5.49. The van der Waals surface area contributed by atoms with E-state index in [1.165, 1.54) is 30.3 Å². The summed E-state index contributed by atoms with van der Waals surface area (Å²) in [4.78, 5) is 25.1. The van der Waals surface area contributed by atoms with E-state index in [0.717, 1.165) is 46.2 Å².